The van der Waals surface area contributed by atoms with Crippen LogP contribution < -0.4 is 5.73 Å². The van der Waals surface area contributed by atoms with E-state index in [-0.39, 0.29) is 5.88 Å². The molecule has 0 aromatic carbocycles. The smallest absolute Gasteiger partial charge is 0.250 e. The first-order valence-corrected chi connectivity index (χ1v) is 3.44. The van der Waals surface area contributed by atoms with Gasteiger partial charge in [0, 0.05) is 11.4 Å². The second-order valence-electron chi connectivity index (χ2n) is 1.93. The van der Waals surface area contributed by atoms with Crippen molar-refractivity contribution in [1.29, 1.82) is 0 Å². The predicted molar refractivity (Wildman–Crippen MR) is 40.1 cm³/mol. The van der Waals surface area contributed by atoms with Gasteiger partial charge < -0.3 is 5.73 Å². The Labute approximate surface area is 68.4 Å². The summed E-state index contributed by atoms with van der Waals surface area (Å²) in [5.41, 5.74) is 5.96. The summed E-state index contributed by atoms with van der Waals surface area (Å²) >= 11 is 5.50. The fraction of sp³-hybridized carbons (Fsp3) is 0.167. The number of hydrogen-bond donors (Lipinski definition) is 1. The minimum Gasteiger partial charge on any atom is -0.366 e. The lowest BCUT2D eigenvalue weighted by atomic mass is 10.2. The number of carbonyl (C=O) groups excluding carboxylic acids is 1. The Balaban J connectivity index is 3.12. The molecule has 0 radical (unpaired) electrons. The van der Waals surface area contributed by atoms with Gasteiger partial charge in [-0.15, -0.1) is 11.6 Å². The summed E-state index contributed by atoms with van der Waals surface area (Å²) in [6.45, 7) is 0. The topological polar surface area (TPSA) is 68.9 Å². The molecule has 58 valence electrons. The third-order valence-electron chi connectivity index (χ3n) is 1.22. The molecule has 4 nitrogen and oxygen atoms in total. The minimum absolute atomic E-state index is 0.216. The Morgan fingerprint density at radius 1 is 1.55 bits per heavy atom. The molecule has 2 N–H and O–H groups in total. The van der Waals surface area contributed by atoms with Crippen LogP contribution in [0.25, 0.3) is 0 Å². The van der Waals surface area contributed by atoms with Crippen molar-refractivity contribution in [2.45, 2.75) is 5.88 Å². The van der Waals surface area contributed by atoms with Crippen molar-refractivity contribution in [3.05, 3.63) is 23.5 Å². The maximum atomic E-state index is 10.7. The van der Waals surface area contributed by atoms with Crippen LogP contribution in [0.3, 0.4) is 0 Å². The van der Waals surface area contributed by atoms with Crippen LogP contribution >= 0.6 is 11.6 Å². The fourth-order valence-corrected chi connectivity index (χ4v) is 0.888. The van der Waals surface area contributed by atoms with Crippen LogP contribution in [0.15, 0.2) is 12.4 Å². The van der Waals surface area contributed by atoms with E-state index in [1.165, 1.54) is 12.4 Å². The molecular formula is C6H6ClN3O. The molecule has 0 aliphatic heterocycles. The van der Waals surface area contributed by atoms with Crippen molar-refractivity contribution in [3.8, 4) is 0 Å². The van der Waals surface area contributed by atoms with Gasteiger partial charge in [0.25, 0.3) is 5.91 Å². The minimum atomic E-state index is -0.532. The highest BCUT2D eigenvalue weighted by molar-refractivity contribution is 6.17. The number of aromatic nitrogens is 2. The highest BCUT2D eigenvalue weighted by Crippen LogP contribution is 2.06. The number of rotatable bonds is 2. The van der Waals surface area contributed by atoms with E-state index >= 15 is 0 Å². The van der Waals surface area contributed by atoms with Crippen LogP contribution in [0.4, 0.5) is 0 Å². The Hall–Kier alpha value is -1.16. The zero-order chi connectivity index (χ0) is 8.27. The van der Waals surface area contributed by atoms with Gasteiger partial charge in [-0.1, -0.05) is 0 Å². The molecular weight excluding hydrogens is 166 g/mol. The molecule has 0 aliphatic carbocycles. The summed E-state index contributed by atoms with van der Waals surface area (Å²) < 4.78 is 0. The van der Waals surface area contributed by atoms with Crippen LogP contribution in [0.5, 0.6) is 0 Å². The van der Waals surface area contributed by atoms with Gasteiger partial charge in [-0.3, -0.25) is 4.79 Å². The fourth-order valence-electron chi connectivity index (χ4n) is 0.675. The van der Waals surface area contributed by atoms with E-state index in [1.54, 1.807) is 0 Å². The first-order valence-electron chi connectivity index (χ1n) is 2.91. The summed E-state index contributed by atoms with van der Waals surface area (Å²) in [6, 6.07) is 0. The Bertz CT molecular complexity index is 276. The lowest BCUT2D eigenvalue weighted by Crippen LogP contribution is -2.14. The SMILES string of the molecule is NC(=O)c1cnncc1CCl. The zero-order valence-electron chi connectivity index (χ0n) is 5.62. The van der Waals surface area contributed by atoms with Gasteiger partial charge in [0.2, 0.25) is 0 Å². The number of halogens is 1. The van der Waals surface area contributed by atoms with Crippen molar-refractivity contribution < 1.29 is 4.79 Å². The molecule has 0 saturated carbocycles. The highest BCUT2D eigenvalue weighted by atomic mass is 35.5. The maximum Gasteiger partial charge on any atom is 0.250 e. The third-order valence-corrected chi connectivity index (χ3v) is 1.51. The summed E-state index contributed by atoms with van der Waals surface area (Å²) in [6.07, 6.45) is 2.73. The number of nitrogens with two attached hydrogens (primary N) is 1. The molecule has 11 heavy (non-hydrogen) atoms. The molecule has 0 atom stereocenters. The van der Waals surface area contributed by atoms with Crippen molar-refractivity contribution in [3.63, 3.8) is 0 Å². The second kappa shape index (κ2) is 3.30. The first-order chi connectivity index (χ1) is 5.25. The predicted octanol–water partition coefficient (Wildman–Crippen LogP) is 0.314. The first kappa shape index (κ1) is 7.94. The Morgan fingerprint density at radius 3 is 2.64 bits per heavy atom. The largest absolute Gasteiger partial charge is 0.366 e. The van der Waals surface area contributed by atoms with Crippen LogP contribution in [0.1, 0.15) is 15.9 Å². The lowest BCUT2D eigenvalue weighted by Gasteiger charge is -1.98. The number of hydrogen-bond acceptors (Lipinski definition) is 3. The van der Waals surface area contributed by atoms with Gasteiger partial charge in [-0.25, -0.2) is 0 Å². The highest BCUT2D eigenvalue weighted by Gasteiger charge is 2.06. The summed E-state index contributed by atoms with van der Waals surface area (Å²) in [5.74, 6) is -0.316. The molecule has 0 unspecified atom stereocenters. The van der Waals surface area contributed by atoms with Gasteiger partial charge in [-0.2, -0.15) is 10.2 Å². The molecule has 0 saturated heterocycles. The van der Waals surface area contributed by atoms with Crippen LogP contribution in [-0.2, 0) is 5.88 Å². The normalized spacial score (nSPS) is 9.55. The molecule has 5 heteroatoms. The van der Waals surface area contributed by atoms with Crippen LogP contribution in [0, 0.1) is 0 Å². The summed E-state index contributed by atoms with van der Waals surface area (Å²) in [4.78, 5) is 10.7. The molecule has 0 bridgehead atoms. The van der Waals surface area contributed by atoms with Crippen molar-refractivity contribution in [2.75, 3.05) is 0 Å². The van der Waals surface area contributed by atoms with E-state index in [4.69, 9.17) is 17.3 Å². The number of nitrogens with zero attached hydrogens (tertiary/aromatic N) is 2. The summed E-state index contributed by atoms with van der Waals surface area (Å²) in [7, 11) is 0. The molecule has 0 fully saturated rings. The second-order valence-corrected chi connectivity index (χ2v) is 2.19. The van der Waals surface area contributed by atoms with Crippen LogP contribution in [-0.4, -0.2) is 16.1 Å². The van der Waals surface area contributed by atoms with Gasteiger partial charge in [-0.05, 0) is 0 Å². The van der Waals surface area contributed by atoms with Gasteiger partial charge >= 0.3 is 0 Å². The van der Waals surface area contributed by atoms with Gasteiger partial charge in [0.1, 0.15) is 0 Å². The van der Waals surface area contributed by atoms with E-state index in [9.17, 15) is 4.79 Å². The van der Waals surface area contributed by atoms with E-state index < -0.39 is 5.91 Å². The molecule has 1 aromatic rings. The standard InChI is InChI=1S/C6H6ClN3O/c7-1-4-2-9-10-3-5(4)6(8)11/h2-3H,1H2,(H2,8,11). The monoisotopic (exact) mass is 171 g/mol. The van der Waals surface area contributed by atoms with Gasteiger partial charge in [0.15, 0.2) is 0 Å². The van der Waals surface area contributed by atoms with Gasteiger partial charge in [0.05, 0.1) is 18.0 Å². The van der Waals surface area contributed by atoms with Crippen LogP contribution in [0.2, 0.25) is 0 Å². The number of carbonyl (C=O) groups is 1. The van der Waals surface area contributed by atoms with Crippen molar-refractivity contribution >= 4 is 17.5 Å². The van der Waals surface area contributed by atoms with Crippen molar-refractivity contribution in [2.24, 2.45) is 5.73 Å². The number of primary amides is 1. The average molecular weight is 172 g/mol. The van der Waals surface area contributed by atoms with Crippen molar-refractivity contribution in [1.82, 2.24) is 10.2 Å². The molecule has 0 spiro atoms. The lowest BCUT2D eigenvalue weighted by molar-refractivity contribution is 0.0999. The number of alkyl halides is 1. The number of amides is 1. The van der Waals surface area contributed by atoms with E-state index in [0.29, 0.717) is 11.1 Å². The zero-order valence-corrected chi connectivity index (χ0v) is 6.38. The van der Waals surface area contributed by atoms with E-state index in [2.05, 4.69) is 10.2 Å². The molecule has 1 rings (SSSR count). The average Bonchev–Trinajstić information content (AvgIpc) is 2.04. The molecule has 1 amide bonds. The third kappa shape index (κ3) is 1.65. The Morgan fingerprint density at radius 2 is 2.18 bits per heavy atom. The molecule has 1 aromatic heterocycles. The van der Waals surface area contributed by atoms with E-state index in [1.807, 2.05) is 0 Å². The maximum absolute atomic E-state index is 10.7. The van der Waals surface area contributed by atoms with E-state index in [0.717, 1.165) is 0 Å². The molecule has 1 heterocycles. The molecule has 0 aliphatic rings. The Kier molecular flexibility index (Phi) is 2.38. The quantitative estimate of drug-likeness (QED) is 0.652. The summed E-state index contributed by atoms with van der Waals surface area (Å²) in [5, 5.41) is 7.06.